The summed E-state index contributed by atoms with van der Waals surface area (Å²) >= 11 is 0. The van der Waals surface area contributed by atoms with Gasteiger partial charge in [-0.15, -0.1) is 10.2 Å². The van der Waals surface area contributed by atoms with Crippen LogP contribution in [0.5, 0.6) is 0 Å². The molecule has 35 heavy (non-hydrogen) atoms. The Kier molecular flexibility index (Phi) is 5.14. The molecule has 10 heteroatoms. The fourth-order valence-electron chi connectivity index (χ4n) is 4.09. The molecule has 2 N–H and O–H groups in total. The first kappa shape index (κ1) is 21.2. The third-order valence-electron chi connectivity index (χ3n) is 6.17. The van der Waals surface area contributed by atoms with Gasteiger partial charge in [0, 0.05) is 17.5 Å². The van der Waals surface area contributed by atoms with Gasteiger partial charge < -0.3 is 24.0 Å². The number of aliphatic hydroxyl groups excluding tert-OH is 1. The van der Waals surface area contributed by atoms with Crippen molar-refractivity contribution < 1.29 is 14.3 Å². The molecule has 6 rings (SSSR count). The predicted molar refractivity (Wildman–Crippen MR) is 128 cm³/mol. The molecule has 1 aliphatic rings. The quantitative estimate of drug-likeness (QED) is 0.370. The number of nitrogens with zero attached hydrogens (tertiary/aromatic N) is 6. The zero-order valence-electron chi connectivity index (χ0n) is 19.0. The lowest BCUT2D eigenvalue weighted by Gasteiger charge is -2.12. The summed E-state index contributed by atoms with van der Waals surface area (Å²) < 4.78 is 9.58. The summed E-state index contributed by atoms with van der Waals surface area (Å²) in [6.07, 6.45) is 7.77. The molecule has 1 fully saturated rings. The van der Waals surface area contributed by atoms with Crippen LogP contribution in [0.4, 0.5) is 5.82 Å². The number of anilines is 1. The lowest BCUT2D eigenvalue weighted by atomic mass is 10.2. The molecule has 4 aromatic heterocycles. The van der Waals surface area contributed by atoms with E-state index >= 15 is 0 Å². The zero-order chi connectivity index (χ0) is 23.9. The Morgan fingerprint density at radius 3 is 2.91 bits per heavy atom. The maximum Gasteiger partial charge on any atom is 0.292 e. The summed E-state index contributed by atoms with van der Waals surface area (Å²) in [5.41, 5.74) is 3.14. The highest BCUT2D eigenvalue weighted by molar-refractivity contribution is 6.05. The first-order valence-electron chi connectivity index (χ1n) is 11.5. The van der Waals surface area contributed by atoms with Crippen LogP contribution in [0.1, 0.15) is 48.0 Å². The lowest BCUT2D eigenvalue weighted by molar-refractivity contribution is 0.0998. The molecular weight excluding hydrogens is 446 g/mol. The highest BCUT2D eigenvalue weighted by atomic mass is 16.3. The fraction of sp³-hybridized carbons (Fsp3) is 0.240. The van der Waals surface area contributed by atoms with Crippen molar-refractivity contribution in [1.82, 2.24) is 29.3 Å². The van der Waals surface area contributed by atoms with E-state index in [-0.39, 0.29) is 18.4 Å². The maximum absolute atomic E-state index is 13.0. The largest absolute Gasteiger partial charge is 0.451 e. The van der Waals surface area contributed by atoms with Crippen molar-refractivity contribution in [3.05, 3.63) is 72.8 Å². The molecule has 0 spiro atoms. The molecule has 1 saturated carbocycles. The third kappa shape index (κ3) is 3.97. The molecule has 5 aromatic rings. The van der Waals surface area contributed by atoms with Crippen LogP contribution < -0.4 is 5.32 Å². The van der Waals surface area contributed by atoms with Gasteiger partial charge in [-0.3, -0.25) is 4.79 Å². The molecule has 1 aromatic carbocycles. The van der Waals surface area contributed by atoms with Crippen molar-refractivity contribution in [2.75, 3.05) is 11.9 Å². The van der Waals surface area contributed by atoms with E-state index in [2.05, 4.69) is 25.5 Å². The standard InChI is InChI=1S/C25H23N7O3/c1-15(12-33)32-14-27-30-24(32)18-4-2-7-23(28-18)29-25(34)22-10-17-20(5-3-6-21(17)35-22)31-11-19(26-13-31)16-8-9-16/h2-7,10-11,13-16,33H,8-9,12H2,1H3,(H,28,29,34). The molecule has 0 saturated heterocycles. The molecule has 0 bridgehead atoms. The first-order valence-corrected chi connectivity index (χ1v) is 11.5. The van der Waals surface area contributed by atoms with Crippen LogP contribution in [-0.4, -0.2) is 46.9 Å². The van der Waals surface area contributed by atoms with E-state index in [1.165, 1.54) is 12.8 Å². The number of carbonyl (C=O) groups excluding carboxylic acids is 1. The average molecular weight is 470 g/mol. The summed E-state index contributed by atoms with van der Waals surface area (Å²) in [7, 11) is 0. The number of carbonyl (C=O) groups is 1. The molecule has 1 unspecified atom stereocenters. The molecule has 0 radical (unpaired) electrons. The van der Waals surface area contributed by atoms with Crippen LogP contribution in [0.2, 0.25) is 0 Å². The number of hydrogen-bond acceptors (Lipinski definition) is 7. The number of rotatable bonds is 7. The van der Waals surface area contributed by atoms with Gasteiger partial charge in [0.2, 0.25) is 0 Å². The highest BCUT2D eigenvalue weighted by Gasteiger charge is 2.26. The summed E-state index contributed by atoms with van der Waals surface area (Å²) in [5, 5.41) is 21.2. The number of furan rings is 1. The van der Waals surface area contributed by atoms with E-state index in [1.54, 1.807) is 41.5 Å². The second-order valence-corrected chi connectivity index (χ2v) is 8.74. The van der Waals surface area contributed by atoms with Gasteiger partial charge in [0.15, 0.2) is 11.6 Å². The normalized spacial score (nSPS) is 14.3. The van der Waals surface area contributed by atoms with Crippen LogP contribution in [0, 0.1) is 0 Å². The van der Waals surface area contributed by atoms with E-state index < -0.39 is 5.91 Å². The summed E-state index contributed by atoms with van der Waals surface area (Å²) in [4.78, 5) is 22.1. The molecule has 0 aliphatic heterocycles. The van der Waals surface area contributed by atoms with Crippen molar-refractivity contribution in [3.63, 3.8) is 0 Å². The van der Waals surface area contributed by atoms with Gasteiger partial charge in [-0.05, 0) is 50.1 Å². The van der Waals surface area contributed by atoms with Crippen LogP contribution in [0.3, 0.4) is 0 Å². The van der Waals surface area contributed by atoms with Gasteiger partial charge >= 0.3 is 0 Å². The van der Waals surface area contributed by atoms with Crippen LogP contribution >= 0.6 is 0 Å². The Morgan fingerprint density at radius 2 is 2.09 bits per heavy atom. The second kappa shape index (κ2) is 8.48. The summed E-state index contributed by atoms with van der Waals surface area (Å²) in [5.74, 6) is 1.18. The van der Waals surface area contributed by atoms with Crippen LogP contribution in [0.15, 0.2) is 65.7 Å². The maximum atomic E-state index is 13.0. The Balaban J connectivity index is 1.27. The number of pyridine rings is 1. The number of imidazole rings is 1. The number of amides is 1. The van der Waals surface area contributed by atoms with E-state index in [9.17, 15) is 9.90 Å². The van der Waals surface area contributed by atoms with Gasteiger partial charge in [0.1, 0.15) is 23.4 Å². The first-order chi connectivity index (χ1) is 17.1. The van der Waals surface area contributed by atoms with Crippen LogP contribution in [0.25, 0.3) is 28.2 Å². The van der Waals surface area contributed by atoms with Crippen molar-refractivity contribution >= 4 is 22.7 Å². The van der Waals surface area contributed by atoms with E-state index in [1.807, 2.05) is 35.9 Å². The number of benzene rings is 1. The molecular formula is C25H23N7O3. The Labute approximate surface area is 200 Å². The molecule has 1 aliphatic carbocycles. The monoisotopic (exact) mass is 469 g/mol. The number of aliphatic hydroxyl groups is 1. The Morgan fingerprint density at radius 1 is 1.23 bits per heavy atom. The zero-order valence-corrected chi connectivity index (χ0v) is 19.0. The topological polar surface area (TPSA) is 124 Å². The van der Waals surface area contributed by atoms with E-state index in [4.69, 9.17) is 4.42 Å². The van der Waals surface area contributed by atoms with Crippen molar-refractivity contribution in [2.24, 2.45) is 0 Å². The van der Waals surface area contributed by atoms with Crippen molar-refractivity contribution in [2.45, 2.75) is 31.7 Å². The third-order valence-corrected chi connectivity index (χ3v) is 6.17. The van der Waals surface area contributed by atoms with Crippen molar-refractivity contribution in [3.8, 4) is 17.2 Å². The average Bonchev–Trinajstić information content (AvgIpc) is 3.28. The van der Waals surface area contributed by atoms with Gasteiger partial charge in [0.25, 0.3) is 5.91 Å². The van der Waals surface area contributed by atoms with Crippen molar-refractivity contribution in [1.29, 1.82) is 0 Å². The molecule has 1 atom stereocenters. The molecule has 176 valence electrons. The smallest absolute Gasteiger partial charge is 0.292 e. The summed E-state index contributed by atoms with van der Waals surface area (Å²) in [6, 6.07) is 12.5. The number of hydrogen-bond donors (Lipinski definition) is 2. The minimum absolute atomic E-state index is 0.0591. The highest BCUT2D eigenvalue weighted by Crippen LogP contribution is 2.39. The number of aromatic nitrogens is 6. The fourth-order valence-corrected chi connectivity index (χ4v) is 4.09. The minimum Gasteiger partial charge on any atom is -0.451 e. The number of nitrogens with one attached hydrogen (secondary N) is 1. The Bertz CT molecular complexity index is 1530. The molecule has 10 nitrogen and oxygen atoms in total. The molecule has 4 heterocycles. The lowest BCUT2D eigenvalue weighted by Crippen LogP contribution is -2.13. The van der Waals surface area contributed by atoms with Gasteiger partial charge in [0.05, 0.1) is 30.4 Å². The summed E-state index contributed by atoms with van der Waals surface area (Å²) in [6.45, 7) is 1.79. The van der Waals surface area contributed by atoms with E-state index in [0.717, 1.165) is 16.8 Å². The number of fused-ring (bicyclic) bond motifs is 1. The van der Waals surface area contributed by atoms with E-state index in [0.29, 0.717) is 28.8 Å². The van der Waals surface area contributed by atoms with Gasteiger partial charge in [-0.2, -0.15) is 0 Å². The predicted octanol–water partition coefficient (Wildman–Crippen LogP) is 3.96. The Hall–Kier alpha value is -4.31. The minimum atomic E-state index is -0.411. The molecule has 1 amide bonds. The second-order valence-electron chi connectivity index (χ2n) is 8.74. The van der Waals surface area contributed by atoms with Gasteiger partial charge in [-0.1, -0.05) is 12.1 Å². The SMILES string of the molecule is CC(CO)n1cnnc1-c1cccc(NC(=O)c2cc3c(-n4cnc(C5CC5)c4)cccc3o2)n1. The van der Waals surface area contributed by atoms with Gasteiger partial charge in [-0.25, -0.2) is 9.97 Å². The van der Waals surface area contributed by atoms with Crippen LogP contribution in [-0.2, 0) is 0 Å².